The Morgan fingerprint density at radius 1 is 0.320 bits per heavy atom. The van der Waals surface area contributed by atoms with Gasteiger partial charge in [0, 0.05) is 43.4 Å². The summed E-state index contributed by atoms with van der Waals surface area (Å²) in [5.41, 5.74) is 10.4. The van der Waals surface area contributed by atoms with Gasteiger partial charge in [-0.25, -0.2) is 0 Å². The third-order valence-corrected chi connectivity index (χ3v) is 10.5. The van der Waals surface area contributed by atoms with Crippen molar-refractivity contribution >= 4 is 98.3 Å². The smallest absolute Gasteiger partial charge is 0.147 e. The largest absolute Gasteiger partial charge is 0.464 e. The summed E-state index contributed by atoms with van der Waals surface area (Å²) in [5.74, 6) is 0. The summed E-state index contributed by atoms with van der Waals surface area (Å²) in [6.07, 6.45) is 1.78. The predicted molar refractivity (Wildman–Crippen MR) is 204 cm³/mol. The first-order chi connectivity index (χ1) is 24.8. The zero-order valence-electron chi connectivity index (χ0n) is 26.5. The van der Waals surface area contributed by atoms with Gasteiger partial charge in [-0.1, -0.05) is 91.0 Å². The second-order valence-electron chi connectivity index (χ2n) is 13.1. The van der Waals surface area contributed by atoms with Gasteiger partial charge in [0.1, 0.15) is 39.1 Å². The first kappa shape index (κ1) is 26.2. The molecule has 0 unspecified atom stereocenters. The topological polar surface area (TPSA) is 52.6 Å². The minimum Gasteiger partial charge on any atom is -0.464 e. The molecule has 0 aliphatic rings. The van der Waals surface area contributed by atoms with Crippen LogP contribution in [0.25, 0.3) is 121 Å². The van der Waals surface area contributed by atoms with E-state index in [2.05, 4.69) is 109 Å². The van der Waals surface area contributed by atoms with Gasteiger partial charge >= 0.3 is 0 Å². The molecule has 0 atom stereocenters. The van der Waals surface area contributed by atoms with Crippen molar-refractivity contribution in [3.63, 3.8) is 0 Å². The number of hydrogen-bond donors (Lipinski definition) is 0. The molecular weight excluding hydrogens is 617 g/mol. The number of hydrogen-bond acceptors (Lipinski definition) is 4. The van der Waals surface area contributed by atoms with Crippen LogP contribution < -0.4 is 0 Å². The van der Waals surface area contributed by atoms with Crippen molar-refractivity contribution in [2.24, 2.45) is 0 Å². The number of para-hydroxylation sites is 2. The first-order valence-electron chi connectivity index (χ1n) is 16.8. The number of benzene rings is 8. The fourth-order valence-electron chi connectivity index (χ4n) is 8.46. The van der Waals surface area contributed by atoms with E-state index in [9.17, 15) is 0 Å². The van der Waals surface area contributed by atoms with Crippen LogP contribution in [0.2, 0.25) is 0 Å². The maximum atomic E-state index is 6.49. The van der Waals surface area contributed by atoms with Gasteiger partial charge in [0.05, 0.1) is 11.6 Å². The quantitative estimate of drug-likeness (QED) is 0.176. The summed E-state index contributed by atoms with van der Waals surface area (Å²) in [6, 6.07) is 48.8. The Balaban J connectivity index is 1.22. The van der Waals surface area contributed by atoms with Gasteiger partial charge in [0.15, 0.2) is 0 Å². The molecule has 0 radical (unpaired) electrons. The van der Waals surface area contributed by atoms with Gasteiger partial charge in [0.25, 0.3) is 0 Å². The summed E-state index contributed by atoms with van der Waals surface area (Å²) in [7, 11) is 0. The summed E-state index contributed by atoms with van der Waals surface area (Å²) in [5, 5.41) is 12.0. The van der Waals surface area contributed by atoms with Crippen molar-refractivity contribution in [3.05, 3.63) is 146 Å². The molecule has 4 heteroatoms. The molecule has 0 saturated carbocycles. The summed E-state index contributed by atoms with van der Waals surface area (Å²) in [6.45, 7) is 0. The van der Waals surface area contributed by atoms with E-state index < -0.39 is 0 Å². The average molecular weight is 641 g/mol. The fraction of sp³-hybridized carbons (Fsp3) is 0. The molecule has 0 N–H and O–H groups in total. The fourth-order valence-corrected chi connectivity index (χ4v) is 8.46. The van der Waals surface area contributed by atoms with Gasteiger partial charge in [-0.15, -0.1) is 0 Å². The highest BCUT2D eigenvalue weighted by Crippen LogP contribution is 2.50. The van der Waals surface area contributed by atoms with E-state index >= 15 is 0 Å². The van der Waals surface area contributed by atoms with E-state index in [0.717, 1.165) is 115 Å². The van der Waals surface area contributed by atoms with E-state index in [1.165, 1.54) is 5.56 Å². The lowest BCUT2D eigenvalue weighted by Gasteiger charge is -2.18. The summed E-state index contributed by atoms with van der Waals surface area (Å²) < 4.78 is 25.7. The minimum absolute atomic E-state index is 0.816. The van der Waals surface area contributed by atoms with Crippen molar-refractivity contribution in [3.8, 4) is 22.3 Å². The molecule has 4 nitrogen and oxygen atoms in total. The molecule has 0 fully saturated rings. The van der Waals surface area contributed by atoms with Crippen LogP contribution in [0.5, 0.6) is 0 Å². The highest BCUT2D eigenvalue weighted by molar-refractivity contribution is 6.30. The second kappa shape index (κ2) is 9.43. The molecule has 50 heavy (non-hydrogen) atoms. The molecule has 0 saturated heterocycles. The lowest BCUT2D eigenvalue weighted by Crippen LogP contribution is -1.92. The normalized spacial score (nSPS) is 12.4. The Kier molecular flexibility index (Phi) is 4.94. The SMILES string of the molecule is c1ccc2c(c1)oc1c2ccc2oc3ccc(-c4c5ccccc5c(-c5c6occc6cc6oc7ccccc7c56)c5ccccc45)cc3c21. The summed E-state index contributed by atoms with van der Waals surface area (Å²) in [4.78, 5) is 0. The van der Waals surface area contributed by atoms with Crippen LogP contribution in [0, 0.1) is 0 Å². The molecular formula is C46H24O4. The lowest BCUT2D eigenvalue weighted by atomic mass is 9.84. The van der Waals surface area contributed by atoms with Crippen LogP contribution in [0.3, 0.4) is 0 Å². The predicted octanol–water partition coefficient (Wildman–Crippen LogP) is 13.8. The van der Waals surface area contributed by atoms with E-state index in [-0.39, 0.29) is 0 Å². The molecule has 12 rings (SSSR count). The van der Waals surface area contributed by atoms with Gasteiger partial charge in [-0.05, 0) is 81.2 Å². The minimum atomic E-state index is 0.816. The van der Waals surface area contributed by atoms with E-state index in [0.29, 0.717) is 0 Å². The zero-order chi connectivity index (χ0) is 32.5. The van der Waals surface area contributed by atoms with Crippen LogP contribution in [0.4, 0.5) is 0 Å². The molecule has 12 aromatic rings. The van der Waals surface area contributed by atoms with Crippen LogP contribution >= 0.6 is 0 Å². The molecule has 4 heterocycles. The molecule has 0 aliphatic carbocycles. The van der Waals surface area contributed by atoms with Crippen LogP contribution in [0.1, 0.15) is 0 Å². The Morgan fingerprint density at radius 3 is 1.68 bits per heavy atom. The number of furan rings is 4. The van der Waals surface area contributed by atoms with Gasteiger partial charge < -0.3 is 17.7 Å². The maximum absolute atomic E-state index is 6.49. The van der Waals surface area contributed by atoms with Crippen molar-refractivity contribution in [1.29, 1.82) is 0 Å². The second-order valence-corrected chi connectivity index (χ2v) is 13.1. The van der Waals surface area contributed by atoms with Crippen molar-refractivity contribution < 1.29 is 17.7 Å². The average Bonchev–Trinajstić information content (AvgIpc) is 3.95. The monoisotopic (exact) mass is 640 g/mol. The van der Waals surface area contributed by atoms with E-state index in [4.69, 9.17) is 17.7 Å². The Bertz CT molecular complexity index is 3330. The maximum Gasteiger partial charge on any atom is 0.147 e. The van der Waals surface area contributed by atoms with Crippen molar-refractivity contribution in [2.45, 2.75) is 0 Å². The molecule has 232 valence electrons. The molecule has 4 aromatic heterocycles. The third kappa shape index (κ3) is 3.34. The van der Waals surface area contributed by atoms with Crippen molar-refractivity contribution in [1.82, 2.24) is 0 Å². The molecule has 0 aliphatic heterocycles. The van der Waals surface area contributed by atoms with Crippen LogP contribution in [-0.2, 0) is 0 Å². The van der Waals surface area contributed by atoms with E-state index in [1.807, 2.05) is 30.3 Å². The molecule has 0 spiro atoms. The van der Waals surface area contributed by atoms with Gasteiger partial charge in [-0.2, -0.15) is 0 Å². The zero-order valence-corrected chi connectivity index (χ0v) is 26.5. The third-order valence-electron chi connectivity index (χ3n) is 10.5. The molecule has 0 amide bonds. The van der Waals surface area contributed by atoms with Gasteiger partial charge in [-0.3, -0.25) is 0 Å². The van der Waals surface area contributed by atoms with Crippen LogP contribution in [-0.4, -0.2) is 0 Å². The Labute approximate surface area is 283 Å². The molecule has 8 aromatic carbocycles. The first-order valence-corrected chi connectivity index (χ1v) is 16.8. The van der Waals surface area contributed by atoms with Crippen molar-refractivity contribution in [2.75, 3.05) is 0 Å². The Morgan fingerprint density at radius 2 is 0.920 bits per heavy atom. The number of fused-ring (bicyclic) bond motifs is 13. The summed E-state index contributed by atoms with van der Waals surface area (Å²) >= 11 is 0. The number of rotatable bonds is 2. The Hall–Kier alpha value is -6.78. The highest BCUT2D eigenvalue weighted by Gasteiger charge is 2.24. The van der Waals surface area contributed by atoms with Crippen LogP contribution in [0.15, 0.2) is 163 Å². The lowest BCUT2D eigenvalue weighted by molar-refractivity contribution is 0.617. The molecule has 0 bridgehead atoms. The van der Waals surface area contributed by atoms with Gasteiger partial charge in [0.2, 0.25) is 0 Å². The standard InChI is InChI=1S/C46H24O4/c1-3-12-30-28(10-1)40(25-17-19-37-34(23-25)43-38(48-37)20-18-32-27-9-5-7-15-35(27)50-46(32)43)29-11-2-4-13-31(29)41(30)44-42-33-14-6-8-16-36(33)49-39(42)24-26-21-22-47-45(26)44/h1-24H. The van der Waals surface area contributed by atoms with E-state index in [1.54, 1.807) is 6.26 Å². The highest BCUT2D eigenvalue weighted by atomic mass is 16.3.